The summed E-state index contributed by atoms with van der Waals surface area (Å²) >= 11 is 3.53. The summed E-state index contributed by atoms with van der Waals surface area (Å²) < 4.78 is 1.89. The number of rotatable bonds is 2. The van der Waals surface area contributed by atoms with E-state index in [1.807, 2.05) is 28.9 Å². The van der Waals surface area contributed by atoms with Gasteiger partial charge in [-0.1, -0.05) is 51.0 Å². The summed E-state index contributed by atoms with van der Waals surface area (Å²) in [5.74, 6) is 0. The van der Waals surface area contributed by atoms with E-state index in [1.165, 1.54) is 11.1 Å². The van der Waals surface area contributed by atoms with Gasteiger partial charge in [-0.2, -0.15) is 0 Å². The fourth-order valence-corrected chi connectivity index (χ4v) is 2.52. The molecule has 3 rings (SSSR count). The molecule has 0 aliphatic carbocycles. The van der Waals surface area contributed by atoms with Gasteiger partial charge in [0, 0.05) is 5.33 Å². The highest BCUT2D eigenvalue weighted by Crippen LogP contribution is 2.22. The van der Waals surface area contributed by atoms with Crippen molar-refractivity contribution >= 4 is 27.0 Å². The molecular formula is C14H12BrN3. The number of para-hydroxylation sites is 1. The normalized spacial score (nSPS) is 11.0. The van der Waals surface area contributed by atoms with Crippen molar-refractivity contribution in [1.82, 2.24) is 15.0 Å². The minimum Gasteiger partial charge on any atom is -0.213 e. The lowest BCUT2D eigenvalue weighted by molar-refractivity contribution is 0.818. The van der Waals surface area contributed by atoms with E-state index in [0.29, 0.717) is 0 Å². The molecule has 0 N–H and O–H groups in total. The summed E-state index contributed by atoms with van der Waals surface area (Å²) in [7, 11) is 0. The Morgan fingerprint density at radius 1 is 1.17 bits per heavy atom. The number of hydrogen-bond donors (Lipinski definition) is 0. The predicted molar refractivity (Wildman–Crippen MR) is 76.2 cm³/mol. The van der Waals surface area contributed by atoms with Crippen molar-refractivity contribution in [1.29, 1.82) is 0 Å². The first-order valence-electron chi connectivity index (χ1n) is 5.76. The van der Waals surface area contributed by atoms with Crippen LogP contribution in [0.2, 0.25) is 0 Å². The van der Waals surface area contributed by atoms with Crippen molar-refractivity contribution in [3.63, 3.8) is 0 Å². The predicted octanol–water partition coefficient (Wildman–Crippen LogP) is 3.62. The lowest BCUT2D eigenvalue weighted by Gasteiger charge is -2.08. The Balaban J connectivity index is 2.26. The summed E-state index contributed by atoms with van der Waals surface area (Å²) in [5.41, 5.74) is 5.48. The number of nitrogens with zero attached hydrogens (tertiary/aromatic N) is 3. The summed E-state index contributed by atoms with van der Waals surface area (Å²) in [6, 6.07) is 14.3. The minimum atomic E-state index is 0.804. The zero-order valence-electron chi connectivity index (χ0n) is 9.97. The lowest BCUT2D eigenvalue weighted by Crippen LogP contribution is -2.00. The highest BCUT2D eigenvalue weighted by molar-refractivity contribution is 9.08. The first kappa shape index (κ1) is 11.4. The summed E-state index contributed by atoms with van der Waals surface area (Å²) in [6.07, 6.45) is 0. The molecule has 0 bridgehead atoms. The second-order valence-electron chi connectivity index (χ2n) is 4.26. The van der Waals surface area contributed by atoms with E-state index in [2.05, 4.69) is 51.4 Å². The van der Waals surface area contributed by atoms with E-state index in [0.717, 1.165) is 22.1 Å². The van der Waals surface area contributed by atoms with E-state index < -0.39 is 0 Å². The zero-order valence-corrected chi connectivity index (χ0v) is 11.6. The van der Waals surface area contributed by atoms with Crippen LogP contribution in [0.3, 0.4) is 0 Å². The third-order valence-electron chi connectivity index (χ3n) is 2.96. The van der Waals surface area contributed by atoms with E-state index in [9.17, 15) is 0 Å². The number of fused-ring (bicyclic) bond motifs is 1. The van der Waals surface area contributed by atoms with Gasteiger partial charge in [0.15, 0.2) is 0 Å². The number of alkyl halides is 1. The zero-order chi connectivity index (χ0) is 12.5. The van der Waals surface area contributed by atoms with Crippen LogP contribution in [0.25, 0.3) is 16.7 Å². The Hall–Kier alpha value is -1.68. The second-order valence-corrected chi connectivity index (χ2v) is 4.82. The van der Waals surface area contributed by atoms with Crippen molar-refractivity contribution < 1.29 is 0 Å². The van der Waals surface area contributed by atoms with Gasteiger partial charge in [-0.15, -0.1) is 5.10 Å². The maximum atomic E-state index is 4.25. The largest absolute Gasteiger partial charge is 0.213 e. The topological polar surface area (TPSA) is 30.7 Å². The number of halogens is 1. The lowest BCUT2D eigenvalue weighted by atomic mass is 10.1. The molecule has 0 fully saturated rings. The number of aromatic nitrogens is 3. The van der Waals surface area contributed by atoms with Gasteiger partial charge in [0.05, 0.1) is 11.2 Å². The highest BCUT2D eigenvalue weighted by Gasteiger charge is 2.09. The van der Waals surface area contributed by atoms with Crippen LogP contribution in [0.4, 0.5) is 0 Å². The van der Waals surface area contributed by atoms with E-state index >= 15 is 0 Å². The first-order chi connectivity index (χ1) is 8.79. The summed E-state index contributed by atoms with van der Waals surface area (Å²) in [6.45, 7) is 2.09. The van der Waals surface area contributed by atoms with Gasteiger partial charge in [0.2, 0.25) is 0 Å². The van der Waals surface area contributed by atoms with Crippen LogP contribution in [-0.2, 0) is 5.33 Å². The van der Waals surface area contributed by atoms with Crippen molar-refractivity contribution in [2.45, 2.75) is 12.3 Å². The maximum absolute atomic E-state index is 4.25. The summed E-state index contributed by atoms with van der Waals surface area (Å²) in [5, 5.41) is 9.24. The molecule has 18 heavy (non-hydrogen) atoms. The molecule has 90 valence electrons. The maximum Gasteiger partial charge on any atom is 0.113 e. The Bertz CT molecular complexity index is 703. The quantitative estimate of drug-likeness (QED) is 0.677. The average Bonchev–Trinajstić information content (AvgIpc) is 2.82. The molecule has 0 aliphatic rings. The fourth-order valence-electron chi connectivity index (χ4n) is 2.07. The molecule has 1 heterocycles. The van der Waals surface area contributed by atoms with Gasteiger partial charge in [-0.3, -0.25) is 0 Å². The number of benzene rings is 2. The minimum absolute atomic E-state index is 0.804. The number of hydrogen-bond acceptors (Lipinski definition) is 2. The van der Waals surface area contributed by atoms with Gasteiger partial charge in [-0.25, -0.2) is 4.68 Å². The number of aryl methyl sites for hydroxylation is 1. The van der Waals surface area contributed by atoms with Crippen LogP contribution < -0.4 is 0 Å². The van der Waals surface area contributed by atoms with Crippen molar-refractivity contribution in [2.75, 3.05) is 0 Å². The second kappa shape index (κ2) is 4.53. The molecule has 0 aliphatic heterocycles. The van der Waals surface area contributed by atoms with Gasteiger partial charge >= 0.3 is 0 Å². The molecule has 1 aromatic heterocycles. The van der Waals surface area contributed by atoms with E-state index in [1.54, 1.807) is 0 Å². The Morgan fingerprint density at radius 2 is 2.00 bits per heavy atom. The molecule has 0 saturated carbocycles. The SMILES string of the molecule is Cc1ccc(-n2nnc3ccccc32)c(CBr)c1. The van der Waals surface area contributed by atoms with Crippen LogP contribution in [0.1, 0.15) is 11.1 Å². The third kappa shape index (κ3) is 1.82. The molecule has 3 nitrogen and oxygen atoms in total. The molecule has 2 aromatic carbocycles. The molecule has 3 aromatic rings. The van der Waals surface area contributed by atoms with Crippen LogP contribution >= 0.6 is 15.9 Å². The van der Waals surface area contributed by atoms with Gasteiger partial charge in [0.1, 0.15) is 5.52 Å². The monoisotopic (exact) mass is 301 g/mol. The molecule has 4 heteroatoms. The molecule has 0 radical (unpaired) electrons. The third-order valence-corrected chi connectivity index (χ3v) is 3.56. The molecular weight excluding hydrogens is 290 g/mol. The van der Waals surface area contributed by atoms with Gasteiger partial charge in [-0.05, 0) is 30.7 Å². The molecule has 0 spiro atoms. The fraction of sp³-hybridized carbons (Fsp3) is 0.143. The standard InChI is InChI=1S/C14H12BrN3/c1-10-6-7-13(11(8-10)9-15)18-14-5-3-2-4-12(14)16-17-18/h2-8H,9H2,1H3. The Morgan fingerprint density at radius 3 is 2.83 bits per heavy atom. The average molecular weight is 302 g/mol. The van der Waals surface area contributed by atoms with Crippen LogP contribution in [0.5, 0.6) is 0 Å². The smallest absolute Gasteiger partial charge is 0.113 e. The van der Waals surface area contributed by atoms with Crippen LogP contribution in [0.15, 0.2) is 42.5 Å². The van der Waals surface area contributed by atoms with Crippen molar-refractivity contribution in [2.24, 2.45) is 0 Å². The highest BCUT2D eigenvalue weighted by atomic mass is 79.9. The van der Waals surface area contributed by atoms with Crippen molar-refractivity contribution in [3.05, 3.63) is 53.6 Å². The van der Waals surface area contributed by atoms with E-state index in [-0.39, 0.29) is 0 Å². The van der Waals surface area contributed by atoms with Crippen LogP contribution in [0, 0.1) is 6.92 Å². The van der Waals surface area contributed by atoms with Gasteiger partial charge < -0.3 is 0 Å². The van der Waals surface area contributed by atoms with E-state index in [4.69, 9.17) is 0 Å². The Kier molecular flexibility index (Phi) is 2.88. The summed E-state index contributed by atoms with van der Waals surface area (Å²) in [4.78, 5) is 0. The van der Waals surface area contributed by atoms with Gasteiger partial charge in [0.25, 0.3) is 0 Å². The Labute approximate surface area is 114 Å². The van der Waals surface area contributed by atoms with Crippen molar-refractivity contribution in [3.8, 4) is 5.69 Å². The molecule has 0 atom stereocenters. The molecule has 0 amide bonds. The molecule has 0 saturated heterocycles. The first-order valence-corrected chi connectivity index (χ1v) is 6.88. The van der Waals surface area contributed by atoms with Crippen LogP contribution in [-0.4, -0.2) is 15.0 Å². The molecule has 0 unspecified atom stereocenters.